The van der Waals surface area contributed by atoms with Gasteiger partial charge in [-0.05, 0) is 24.4 Å². The molecule has 100 valence electrons. The second-order valence-electron chi connectivity index (χ2n) is 3.90. The molecule has 0 radical (unpaired) electrons. The molecule has 0 fully saturated rings. The molecular weight excluding hydrogens is 303 g/mol. The van der Waals surface area contributed by atoms with Crippen molar-refractivity contribution in [2.75, 3.05) is 6.54 Å². The minimum Gasteiger partial charge on any atom is -0.334 e. The number of hydrogen-bond donors (Lipinski definition) is 0. The first-order valence-electron chi connectivity index (χ1n) is 5.74. The van der Waals surface area contributed by atoms with Gasteiger partial charge in [-0.2, -0.15) is 0 Å². The molecule has 0 aliphatic rings. The molecule has 0 saturated heterocycles. The summed E-state index contributed by atoms with van der Waals surface area (Å²) in [5, 5.41) is 2.49. The van der Waals surface area contributed by atoms with Crippen molar-refractivity contribution < 1.29 is 4.79 Å². The SMILES string of the molecule is CCN(Cc1cccs1)C(=O)c1cnc(Cl)c(Cl)c1. The molecule has 1 amide bonds. The van der Waals surface area contributed by atoms with Crippen molar-refractivity contribution in [3.8, 4) is 0 Å². The van der Waals surface area contributed by atoms with E-state index in [-0.39, 0.29) is 11.1 Å². The minimum absolute atomic E-state index is 0.0954. The van der Waals surface area contributed by atoms with E-state index < -0.39 is 0 Å². The Labute approximate surface area is 125 Å². The maximum Gasteiger partial charge on any atom is 0.255 e. The summed E-state index contributed by atoms with van der Waals surface area (Å²) >= 11 is 13.3. The molecule has 0 aromatic carbocycles. The molecular formula is C13H12Cl2N2OS. The Morgan fingerprint density at radius 1 is 1.47 bits per heavy atom. The van der Waals surface area contributed by atoms with Crippen molar-refractivity contribution >= 4 is 40.4 Å². The van der Waals surface area contributed by atoms with Crippen molar-refractivity contribution in [2.45, 2.75) is 13.5 Å². The lowest BCUT2D eigenvalue weighted by molar-refractivity contribution is 0.0754. The van der Waals surface area contributed by atoms with E-state index in [0.29, 0.717) is 23.7 Å². The fourth-order valence-electron chi connectivity index (χ4n) is 1.64. The molecule has 0 bridgehead atoms. The van der Waals surface area contributed by atoms with E-state index in [4.69, 9.17) is 23.2 Å². The number of carbonyl (C=O) groups excluding carboxylic acids is 1. The summed E-state index contributed by atoms with van der Waals surface area (Å²) in [5.41, 5.74) is 0.452. The molecule has 19 heavy (non-hydrogen) atoms. The number of nitrogens with zero attached hydrogens (tertiary/aromatic N) is 2. The molecule has 2 rings (SSSR count). The van der Waals surface area contributed by atoms with Crippen LogP contribution in [0.1, 0.15) is 22.2 Å². The van der Waals surface area contributed by atoms with Gasteiger partial charge in [0.2, 0.25) is 0 Å². The van der Waals surface area contributed by atoms with E-state index in [0.717, 1.165) is 4.88 Å². The molecule has 6 heteroatoms. The summed E-state index contributed by atoms with van der Waals surface area (Å²) in [4.78, 5) is 19.1. The minimum atomic E-state index is -0.0954. The van der Waals surface area contributed by atoms with Crippen LogP contribution in [0.25, 0.3) is 0 Å². The second-order valence-corrected chi connectivity index (χ2v) is 5.69. The van der Waals surface area contributed by atoms with Gasteiger partial charge in [-0.3, -0.25) is 4.79 Å². The Hall–Kier alpha value is -1.10. The fourth-order valence-corrected chi connectivity index (χ4v) is 2.63. The van der Waals surface area contributed by atoms with E-state index in [1.165, 1.54) is 6.20 Å². The predicted molar refractivity (Wildman–Crippen MR) is 79.0 cm³/mol. The molecule has 0 atom stereocenters. The maximum absolute atomic E-state index is 12.4. The average molecular weight is 315 g/mol. The summed E-state index contributed by atoms with van der Waals surface area (Å²) < 4.78 is 0. The number of thiophene rings is 1. The topological polar surface area (TPSA) is 33.2 Å². The molecule has 3 nitrogen and oxygen atoms in total. The lowest BCUT2D eigenvalue weighted by Crippen LogP contribution is -2.30. The third-order valence-electron chi connectivity index (χ3n) is 2.64. The summed E-state index contributed by atoms with van der Waals surface area (Å²) in [6.07, 6.45) is 1.45. The molecule has 2 aromatic rings. The van der Waals surface area contributed by atoms with E-state index in [1.54, 1.807) is 22.3 Å². The number of halogens is 2. The monoisotopic (exact) mass is 314 g/mol. The quantitative estimate of drug-likeness (QED) is 0.796. The standard InChI is InChI=1S/C13H12Cl2N2OS/c1-2-17(8-10-4-3-5-19-10)13(18)9-6-11(14)12(15)16-7-9/h3-7H,2,8H2,1H3. The van der Waals surface area contributed by atoms with Crippen LogP contribution in [0, 0.1) is 0 Å². The average Bonchev–Trinajstić information content (AvgIpc) is 2.91. The van der Waals surface area contributed by atoms with Crippen LogP contribution < -0.4 is 0 Å². The van der Waals surface area contributed by atoms with Crippen LogP contribution in [-0.4, -0.2) is 22.3 Å². The van der Waals surface area contributed by atoms with Gasteiger partial charge >= 0.3 is 0 Å². The highest BCUT2D eigenvalue weighted by atomic mass is 35.5. The van der Waals surface area contributed by atoms with Gasteiger partial charge in [0.15, 0.2) is 0 Å². The summed E-state index contributed by atoms with van der Waals surface area (Å²) in [7, 11) is 0. The van der Waals surface area contributed by atoms with E-state index in [1.807, 2.05) is 24.4 Å². The van der Waals surface area contributed by atoms with Gasteiger partial charge in [-0.1, -0.05) is 29.3 Å². The van der Waals surface area contributed by atoms with Crippen molar-refractivity contribution in [1.82, 2.24) is 9.88 Å². The first-order valence-corrected chi connectivity index (χ1v) is 7.38. The number of rotatable bonds is 4. The van der Waals surface area contributed by atoms with Crippen molar-refractivity contribution in [2.24, 2.45) is 0 Å². The zero-order valence-corrected chi connectivity index (χ0v) is 12.6. The maximum atomic E-state index is 12.4. The summed E-state index contributed by atoms with van der Waals surface area (Å²) in [6.45, 7) is 3.15. The van der Waals surface area contributed by atoms with E-state index in [9.17, 15) is 4.79 Å². The first kappa shape index (κ1) is 14.3. The van der Waals surface area contributed by atoms with Gasteiger partial charge in [0.05, 0.1) is 17.1 Å². The number of aromatic nitrogens is 1. The zero-order valence-electron chi connectivity index (χ0n) is 10.3. The Bertz CT molecular complexity index is 572. The Morgan fingerprint density at radius 2 is 2.26 bits per heavy atom. The largest absolute Gasteiger partial charge is 0.334 e. The van der Waals surface area contributed by atoms with Gasteiger partial charge in [0.25, 0.3) is 5.91 Å². The lowest BCUT2D eigenvalue weighted by atomic mass is 10.2. The molecule has 0 N–H and O–H groups in total. The summed E-state index contributed by atoms with van der Waals surface area (Å²) in [5.74, 6) is -0.0954. The molecule has 0 spiro atoms. The van der Waals surface area contributed by atoms with Gasteiger partial charge in [0, 0.05) is 17.6 Å². The molecule has 2 aromatic heterocycles. The van der Waals surface area contributed by atoms with Crippen LogP contribution in [0.5, 0.6) is 0 Å². The smallest absolute Gasteiger partial charge is 0.255 e. The molecule has 0 aliphatic heterocycles. The second kappa shape index (κ2) is 6.37. The Morgan fingerprint density at radius 3 is 2.84 bits per heavy atom. The third kappa shape index (κ3) is 3.47. The van der Waals surface area contributed by atoms with Crippen LogP contribution in [0.15, 0.2) is 29.8 Å². The van der Waals surface area contributed by atoms with Crippen LogP contribution in [0.4, 0.5) is 0 Å². The summed E-state index contributed by atoms with van der Waals surface area (Å²) in [6, 6.07) is 5.53. The van der Waals surface area contributed by atoms with E-state index >= 15 is 0 Å². The van der Waals surface area contributed by atoms with E-state index in [2.05, 4.69) is 4.98 Å². The number of carbonyl (C=O) groups is 1. The fraction of sp³-hybridized carbons (Fsp3) is 0.231. The zero-order chi connectivity index (χ0) is 13.8. The van der Waals surface area contributed by atoms with Crippen molar-refractivity contribution in [1.29, 1.82) is 0 Å². The molecule has 0 unspecified atom stereocenters. The van der Waals surface area contributed by atoms with Gasteiger partial charge < -0.3 is 4.90 Å². The number of amides is 1. The van der Waals surface area contributed by atoms with Crippen LogP contribution in [0.2, 0.25) is 10.2 Å². The van der Waals surface area contributed by atoms with Crippen LogP contribution in [-0.2, 0) is 6.54 Å². The van der Waals surface area contributed by atoms with Crippen LogP contribution in [0.3, 0.4) is 0 Å². The highest BCUT2D eigenvalue weighted by Crippen LogP contribution is 2.21. The lowest BCUT2D eigenvalue weighted by Gasteiger charge is -2.20. The Kier molecular flexibility index (Phi) is 4.80. The van der Waals surface area contributed by atoms with Gasteiger partial charge in [-0.15, -0.1) is 11.3 Å². The molecule has 0 aliphatic carbocycles. The normalized spacial score (nSPS) is 10.5. The highest BCUT2D eigenvalue weighted by Gasteiger charge is 2.16. The van der Waals surface area contributed by atoms with Crippen molar-refractivity contribution in [3.63, 3.8) is 0 Å². The van der Waals surface area contributed by atoms with Gasteiger partial charge in [-0.25, -0.2) is 4.98 Å². The van der Waals surface area contributed by atoms with Gasteiger partial charge in [0.1, 0.15) is 5.15 Å². The molecule has 2 heterocycles. The number of pyridine rings is 1. The number of hydrogen-bond acceptors (Lipinski definition) is 3. The van der Waals surface area contributed by atoms with Crippen molar-refractivity contribution in [3.05, 3.63) is 50.4 Å². The molecule has 0 saturated carbocycles. The highest BCUT2D eigenvalue weighted by molar-refractivity contribution is 7.09. The first-order chi connectivity index (χ1) is 9.11. The predicted octanol–water partition coefficient (Wildman–Crippen LogP) is 4.11. The third-order valence-corrected chi connectivity index (χ3v) is 4.19. The Balaban J connectivity index is 2.18. The van der Waals surface area contributed by atoms with Crippen LogP contribution >= 0.6 is 34.5 Å².